The van der Waals surface area contributed by atoms with Crippen molar-refractivity contribution in [3.8, 4) is 0 Å². The lowest BCUT2D eigenvalue weighted by molar-refractivity contribution is -0.134. The summed E-state index contributed by atoms with van der Waals surface area (Å²) in [4.78, 5) is 14.8. The summed E-state index contributed by atoms with van der Waals surface area (Å²) in [5, 5.41) is 3.54. The molecule has 1 N–H and O–H groups in total. The molecule has 0 bridgehead atoms. The van der Waals surface area contributed by atoms with Crippen LogP contribution < -0.4 is 5.32 Å². The van der Waals surface area contributed by atoms with Gasteiger partial charge in [-0.2, -0.15) is 0 Å². The Morgan fingerprint density at radius 1 is 1.30 bits per heavy atom. The van der Waals surface area contributed by atoms with E-state index >= 15 is 0 Å². The van der Waals surface area contributed by atoms with E-state index in [-0.39, 0.29) is 24.2 Å². The molecule has 4 nitrogen and oxygen atoms in total. The molecule has 20 heavy (non-hydrogen) atoms. The third kappa shape index (κ3) is 4.45. The number of rotatable bonds is 9. The Morgan fingerprint density at radius 2 is 2.00 bits per heavy atom. The van der Waals surface area contributed by atoms with Crippen LogP contribution in [0.15, 0.2) is 0 Å². The minimum Gasteiger partial charge on any atom is -0.383 e. The van der Waals surface area contributed by atoms with Crippen LogP contribution in [0.2, 0.25) is 0 Å². The number of carbonyl (C=O) groups excluding carboxylic acids is 1. The van der Waals surface area contributed by atoms with Gasteiger partial charge in [-0.05, 0) is 25.2 Å². The van der Waals surface area contributed by atoms with Gasteiger partial charge in [0.15, 0.2) is 0 Å². The maximum Gasteiger partial charge on any atom is 0.241 e. The van der Waals surface area contributed by atoms with E-state index in [9.17, 15) is 4.79 Å². The molecule has 1 fully saturated rings. The quantitative estimate of drug-likeness (QED) is 0.708. The molecule has 0 aromatic rings. The summed E-state index contributed by atoms with van der Waals surface area (Å²) in [7, 11) is 1.72. The molecular formula is C16H32N2O2. The fraction of sp³-hybridized carbons (Fsp3) is 0.938. The molecule has 0 saturated carbocycles. The van der Waals surface area contributed by atoms with E-state index in [0.29, 0.717) is 12.5 Å². The third-order valence-electron chi connectivity index (χ3n) is 3.93. The fourth-order valence-electron chi connectivity index (χ4n) is 3.12. The van der Waals surface area contributed by atoms with Gasteiger partial charge in [0.2, 0.25) is 5.91 Å². The van der Waals surface area contributed by atoms with Crippen molar-refractivity contribution in [3.63, 3.8) is 0 Å². The van der Waals surface area contributed by atoms with E-state index < -0.39 is 0 Å². The van der Waals surface area contributed by atoms with Crippen LogP contribution in [0.5, 0.6) is 0 Å². The summed E-state index contributed by atoms with van der Waals surface area (Å²) < 4.78 is 5.34. The second-order valence-electron chi connectivity index (χ2n) is 6.30. The van der Waals surface area contributed by atoms with Crippen molar-refractivity contribution in [3.05, 3.63) is 0 Å². The molecule has 4 heteroatoms. The maximum absolute atomic E-state index is 12.7. The van der Waals surface area contributed by atoms with E-state index in [2.05, 4.69) is 37.9 Å². The lowest BCUT2D eigenvalue weighted by Crippen LogP contribution is -2.46. The van der Waals surface area contributed by atoms with Gasteiger partial charge < -0.3 is 9.64 Å². The minimum absolute atomic E-state index is 0.0113. The van der Waals surface area contributed by atoms with Gasteiger partial charge >= 0.3 is 0 Å². The molecule has 0 aliphatic carbocycles. The monoisotopic (exact) mass is 284 g/mol. The molecule has 3 atom stereocenters. The van der Waals surface area contributed by atoms with Crippen LogP contribution in [0.1, 0.15) is 59.8 Å². The van der Waals surface area contributed by atoms with Crippen molar-refractivity contribution in [1.29, 1.82) is 0 Å². The van der Waals surface area contributed by atoms with Crippen molar-refractivity contribution < 1.29 is 9.53 Å². The number of nitrogens with one attached hydrogen (secondary N) is 1. The van der Waals surface area contributed by atoms with Crippen LogP contribution in [0, 0.1) is 5.92 Å². The Hall–Kier alpha value is -0.610. The highest BCUT2D eigenvalue weighted by molar-refractivity contribution is 5.84. The predicted molar refractivity (Wildman–Crippen MR) is 82.5 cm³/mol. The number of methoxy groups -OCH3 is 1. The van der Waals surface area contributed by atoms with E-state index in [1.807, 2.05) is 0 Å². The average molecular weight is 284 g/mol. The topological polar surface area (TPSA) is 41.6 Å². The molecule has 1 rings (SSSR count). The first kappa shape index (κ1) is 17.4. The van der Waals surface area contributed by atoms with Crippen LogP contribution >= 0.6 is 0 Å². The summed E-state index contributed by atoms with van der Waals surface area (Å²) >= 11 is 0. The van der Waals surface area contributed by atoms with Crippen molar-refractivity contribution in [2.45, 2.75) is 78.0 Å². The highest BCUT2D eigenvalue weighted by atomic mass is 16.5. The van der Waals surface area contributed by atoms with Crippen molar-refractivity contribution in [2.24, 2.45) is 5.92 Å². The SMILES string of the molecule is CCCC(COC)N1C(=O)C(CC(C)C)NC1CCC. The lowest BCUT2D eigenvalue weighted by atomic mass is 10.0. The van der Waals surface area contributed by atoms with Crippen LogP contribution in [0.25, 0.3) is 0 Å². The number of hydrogen-bond donors (Lipinski definition) is 1. The van der Waals surface area contributed by atoms with Crippen molar-refractivity contribution in [2.75, 3.05) is 13.7 Å². The Kier molecular flexibility index (Phi) is 7.52. The zero-order valence-electron chi connectivity index (χ0n) is 13.8. The van der Waals surface area contributed by atoms with Gasteiger partial charge in [-0.25, -0.2) is 0 Å². The van der Waals surface area contributed by atoms with Gasteiger partial charge in [-0.1, -0.05) is 40.5 Å². The number of carbonyl (C=O) groups is 1. The average Bonchev–Trinajstić information content (AvgIpc) is 2.66. The number of hydrogen-bond acceptors (Lipinski definition) is 3. The number of nitrogens with zero attached hydrogens (tertiary/aromatic N) is 1. The number of ether oxygens (including phenoxy) is 1. The Morgan fingerprint density at radius 3 is 2.50 bits per heavy atom. The van der Waals surface area contributed by atoms with Gasteiger partial charge in [0, 0.05) is 7.11 Å². The molecule has 1 saturated heterocycles. The molecule has 1 aliphatic heterocycles. The molecule has 1 heterocycles. The summed E-state index contributed by atoms with van der Waals surface area (Å²) in [6.45, 7) is 9.31. The highest BCUT2D eigenvalue weighted by Crippen LogP contribution is 2.24. The second-order valence-corrected chi connectivity index (χ2v) is 6.30. The predicted octanol–water partition coefficient (Wildman–Crippen LogP) is 2.77. The molecule has 1 aliphatic rings. The van der Waals surface area contributed by atoms with E-state index in [0.717, 1.165) is 32.1 Å². The van der Waals surface area contributed by atoms with E-state index in [1.165, 1.54) is 0 Å². The van der Waals surface area contributed by atoms with Gasteiger partial charge in [0.05, 0.1) is 24.9 Å². The van der Waals surface area contributed by atoms with Crippen molar-refractivity contribution in [1.82, 2.24) is 10.2 Å². The zero-order chi connectivity index (χ0) is 15.1. The van der Waals surface area contributed by atoms with Gasteiger partial charge in [0.25, 0.3) is 0 Å². The molecule has 0 aromatic heterocycles. The molecule has 0 radical (unpaired) electrons. The molecule has 118 valence electrons. The highest BCUT2D eigenvalue weighted by Gasteiger charge is 2.41. The van der Waals surface area contributed by atoms with Gasteiger partial charge in [-0.3, -0.25) is 10.1 Å². The van der Waals surface area contributed by atoms with Gasteiger partial charge in [-0.15, -0.1) is 0 Å². The maximum atomic E-state index is 12.7. The Bertz CT molecular complexity index is 288. The molecular weight excluding hydrogens is 252 g/mol. The van der Waals surface area contributed by atoms with E-state index in [1.54, 1.807) is 7.11 Å². The third-order valence-corrected chi connectivity index (χ3v) is 3.93. The normalized spacial score (nSPS) is 24.7. The van der Waals surface area contributed by atoms with E-state index in [4.69, 9.17) is 4.74 Å². The summed E-state index contributed by atoms with van der Waals surface area (Å²) in [6.07, 6.45) is 5.29. The first-order valence-corrected chi connectivity index (χ1v) is 8.12. The lowest BCUT2D eigenvalue weighted by Gasteiger charge is -2.32. The molecule has 0 aromatic carbocycles. The van der Waals surface area contributed by atoms with Crippen LogP contribution in [-0.2, 0) is 9.53 Å². The number of amides is 1. The summed E-state index contributed by atoms with van der Waals surface area (Å²) in [5.74, 6) is 0.804. The minimum atomic E-state index is -0.0113. The Balaban J connectivity index is 2.83. The largest absolute Gasteiger partial charge is 0.383 e. The first-order valence-electron chi connectivity index (χ1n) is 8.12. The summed E-state index contributed by atoms with van der Waals surface area (Å²) in [6, 6.07) is 0.196. The van der Waals surface area contributed by atoms with Crippen LogP contribution in [0.3, 0.4) is 0 Å². The summed E-state index contributed by atoms with van der Waals surface area (Å²) in [5.41, 5.74) is 0. The second kappa shape index (κ2) is 8.63. The Labute approximate surface area is 124 Å². The first-order chi connectivity index (χ1) is 9.54. The molecule has 0 spiro atoms. The fourth-order valence-corrected chi connectivity index (χ4v) is 3.12. The van der Waals surface area contributed by atoms with Gasteiger partial charge in [0.1, 0.15) is 0 Å². The van der Waals surface area contributed by atoms with Crippen LogP contribution in [0.4, 0.5) is 0 Å². The van der Waals surface area contributed by atoms with Crippen LogP contribution in [-0.4, -0.2) is 42.8 Å². The standard InChI is InChI=1S/C16H32N2O2/c1-6-8-13(11-20-5)18-15(9-7-2)17-14(16(18)19)10-12(3)4/h12-15,17H,6-11H2,1-5H3. The smallest absolute Gasteiger partial charge is 0.241 e. The molecule has 1 amide bonds. The molecule has 3 unspecified atom stereocenters. The zero-order valence-corrected chi connectivity index (χ0v) is 13.8. The van der Waals surface area contributed by atoms with Crippen molar-refractivity contribution >= 4 is 5.91 Å².